The summed E-state index contributed by atoms with van der Waals surface area (Å²) in [6.07, 6.45) is 3.35. The van der Waals surface area contributed by atoms with Crippen LogP contribution in [0, 0.1) is 5.92 Å². The van der Waals surface area contributed by atoms with Crippen LogP contribution in [0.2, 0.25) is 5.02 Å². The third-order valence-corrected chi connectivity index (χ3v) is 5.99. The first-order chi connectivity index (χ1) is 9.94. The molecular formula is C13H17ClN4O2S. The lowest BCUT2D eigenvalue weighted by Crippen LogP contribution is -2.29. The number of anilines is 1. The van der Waals surface area contributed by atoms with Crippen molar-refractivity contribution < 1.29 is 8.42 Å². The van der Waals surface area contributed by atoms with Crippen molar-refractivity contribution >= 4 is 38.3 Å². The minimum atomic E-state index is -2.88. The number of rotatable bonds is 3. The zero-order valence-corrected chi connectivity index (χ0v) is 13.3. The van der Waals surface area contributed by atoms with E-state index in [0.29, 0.717) is 28.8 Å². The second kappa shape index (κ2) is 5.46. The standard InChI is InChI=1S/C13H17ClN4O2S/c1-18-13-10(7-16-18)11(14)5-12(17-13)15-6-9-3-2-4-21(19,20)8-9/h5,7,9H,2-4,6,8H2,1H3,(H,15,17). The van der Waals surface area contributed by atoms with E-state index in [-0.39, 0.29) is 11.7 Å². The molecule has 1 fully saturated rings. The first-order valence-corrected chi connectivity index (χ1v) is 9.07. The summed E-state index contributed by atoms with van der Waals surface area (Å²) in [5.74, 6) is 1.35. The Morgan fingerprint density at radius 3 is 3.10 bits per heavy atom. The van der Waals surface area contributed by atoms with E-state index in [1.807, 2.05) is 7.05 Å². The Balaban J connectivity index is 1.75. The summed E-state index contributed by atoms with van der Waals surface area (Å²) in [5.41, 5.74) is 0.710. The molecule has 0 saturated carbocycles. The molecule has 2 aromatic rings. The third kappa shape index (κ3) is 3.13. The van der Waals surface area contributed by atoms with Gasteiger partial charge in [0.1, 0.15) is 5.82 Å². The SMILES string of the molecule is Cn1ncc2c(Cl)cc(NCC3CCCS(=O)(=O)C3)nc21. The van der Waals surface area contributed by atoms with Crippen LogP contribution in [0.5, 0.6) is 0 Å². The predicted octanol–water partition coefficient (Wildman–Crippen LogP) is 1.86. The molecule has 2 aromatic heterocycles. The highest BCUT2D eigenvalue weighted by Crippen LogP contribution is 2.25. The molecule has 0 aromatic carbocycles. The third-order valence-electron chi connectivity index (χ3n) is 3.78. The predicted molar refractivity (Wildman–Crippen MR) is 83.4 cm³/mol. The lowest BCUT2D eigenvalue weighted by Gasteiger charge is -2.22. The molecule has 3 rings (SSSR count). The number of fused-ring (bicyclic) bond motifs is 1. The van der Waals surface area contributed by atoms with Crippen LogP contribution in [-0.2, 0) is 16.9 Å². The Kier molecular flexibility index (Phi) is 3.79. The van der Waals surface area contributed by atoms with Crippen LogP contribution in [0.15, 0.2) is 12.3 Å². The number of sulfone groups is 1. The van der Waals surface area contributed by atoms with Crippen LogP contribution >= 0.6 is 11.6 Å². The van der Waals surface area contributed by atoms with Crippen molar-refractivity contribution in [3.05, 3.63) is 17.3 Å². The van der Waals surface area contributed by atoms with E-state index in [0.717, 1.165) is 18.2 Å². The maximum Gasteiger partial charge on any atom is 0.161 e. The van der Waals surface area contributed by atoms with Crippen molar-refractivity contribution in [2.75, 3.05) is 23.4 Å². The molecule has 0 amide bonds. The maximum absolute atomic E-state index is 11.6. The van der Waals surface area contributed by atoms with Crippen molar-refractivity contribution in [2.24, 2.45) is 13.0 Å². The molecule has 1 unspecified atom stereocenters. The average Bonchev–Trinajstić information content (AvgIpc) is 2.78. The number of hydrogen-bond donors (Lipinski definition) is 1. The summed E-state index contributed by atoms with van der Waals surface area (Å²) >= 11 is 6.21. The van der Waals surface area contributed by atoms with Crippen LogP contribution in [0.3, 0.4) is 0 Å². The number of hydrogen-bond acceptors (Lipinski definition) is 5. The molecule has 0 spiro atoms. The number of nitrogens with one attached hydrogen (secondary N) is 1. The van der Waals surface area contributed by atoms with Gasteiger partial charge in [-0.1, -0.05) is 11.6 Å². The van der Waals surface area contributed by atoms with E-state index in [1.165, 1.54) is 0 Å². The van der Waals surface area contributed by atoms with Crippen LogP contribution in [-0.4, -0.2) is 41.2 Å². The van der Waals surface area contributed by atoms with Gasteiger partial charge in [0, 0.05) is 13.6 Å². The second-order valence-corrected chi connectivity index (χ2v) is 8.13. The number of pyridine rings is 1. The fourth-order valence-corrected chi connectivity index (χ4v) is 4.71. The normalized spacial score (nSPS) is 21.5. The summed E-state index contributed by atoms with van der Waals surface area (Å²) in [6, 6.07) is 1.75. The van der Waals surface area contributed by atoms with Gasteiger partial charge in [-0.3, -0.25) is 4.68 Å². The fourth-order valence-electron chi connectivity index (χ4n) is 2.69. The molecule has 0 bridgehead atoms. The Morgan fingerprint density at radius 1 is 1.52 bits per heavy atom. The zero-order chi connectivity index (χ0) is 15.0. The van der Waals surface area contributed by atoms with Gasteiger partial charge in [-0.2, -0.15) is 5.10 Å². The van der Waals surface area contributed by atoms with Gasteiger partial charge in [0.05, 0.1) is 28.1 Å². The van der Waals surface area contributed by atoms with Gasteiger partial charge in [0.2, 0.25) is 0 Å². The molecule has 1 saturated heterocycles. The van der Waals surface area contributed by atoms with Gasteiger partial charge >= 0.3 is 0 Å². The van der Waals surface area contributed by atoms with E-state index in [9.17, 15) is 8.42 Å². The molecule has 6 nitrogen and oxygen atoms in total. The summed E-state index contributed by atoms with van der Waals surface area (Å²) in [4.78, 5) is 4.47. The number of aromatic nitrogens is 3. The van der Waals surface area contributed by atoms with E-state index < -0.39 is 9.84 Å². The highest BCUT2D eigenvalue weighted by molar-refractivity contribution is 7.91. The number of nitrogens with zero attached hydrogens (tertiary/aromatic N) is 3. The van der Waals surface area contributed by atoms with Crippen molar-refractivity contribution in [3.63, 3.8) is 0 Å². The van der Waals surface area contributed by atoms with E-state index >= 15 is 0 Å². The second-order valence-electron chi connectivity index (χ2n) is 5.50. The number of halogens is 1. The Labute approximate surface area is 128 Å². The van der Waals surface area contributed by atoms with Crippen LogP contribution in [0.4, 0.5) is 5.82 Å². The lowest BCUT2D eigenvalue weighted by molar-refractivity contribution is 0.502. The highest BCUT2D eigenvalue weighted by atomic mass is 35.5. The quantitative estimate of drug-likeness (QED) is 0.930. The Bertz CT molecular complexity index is 772. The van der Waals surface area contributed by atoms with Crippen molar-refractivity contribution in [2.45, 2.75) is 12.8 Å². The molecule has 1 N–H and O–H groups in total. The maximum atomic E-state index is 11.6. The molecule has 8 heteroatoms. The minimum Gasteiger partial charge on any atom is -0.370 e. The first-order valence-electron chi connectivity index (χ1n) is 6.87. The van der Waals surface area contributed by atoms with Crippen LogP contribution < -0.4 is 5.32 Å². The summed E-state index contributed by atoms with van der Waals surface area (Å²) in [7, 11) is -1.07. The van der Waals surface area contributed by atoms with Gasteiger partial charge in [0.25, 0.3) is 0 Å². The minimum absolute atomic E-state index is 0.131. The number of aryl methyl sites for hydroxylation is 1. The lowest BCUT2D eigenvalue weighted by atomic mass is 10.1. The molecule has 21 heavy (non-hydrogen) atoms. The molecule has 0 aliphatic carbocycles. The average molecular weight is 329 g/mol. The molecule has 1 atom stereocenters. The Hall–Kier alpha value is -1.34. The molecule has 3 heterocycles. The van der Waals surface area contributed by atoms with E-state index in [1.54, 1.807) is 16.9 Å². The molecule has 1 aliphatic heterocycles. The molecule has 114 valence electrons. The Morgan fingerprint density at radius 2 is 2.33 bits per heavy atom. The van der Waals surface area contributed by atoms with Crippen molar-refractivity contribution in [1.29, 1.82) is 0 Å². The van der Waals surface area contributed by atoms with Crippen LogP contribution in [0.1, 0.15) is 12.8 Å². The van der Waals surface area contributed by atoms with E-state index in [4.69, 9.17) is 11.6 Å². The fraction of sp³-hybridized carbons (Fsp3) is 0.538. The van der Waals surface area contributed by atoms with Gasteiger partial charge in [-0.15, -0.1) is 0 Å². The van der Waals surface area contributed by atoms with Crippen LogP contribution in [0.25, 0.3) is 11.0 Å². The van der Waals surface area contributed by atoms with Gasteiger partial charge in [-0.25, -0.2) is 13.4 Å². The summed E-state index contributed by atoms with van der Waals surface area (Å²) in [6.45, 7) is 0.589. The van der Waals surface area contributed by atoms with E-state index in [2.05, 4.69) is 15.4 Å². The smallest absolute Gasteiger partial charge is 0.161 e. The largest absolute Gasteiger partial charge is 0.370 e. The molecule has 0 radical (unpaired) electrons. The highest BCUT2D eigenvalue weighted by Gasteiger charge is 2.24. The first kappa shape index (κ1) is 14.6. The molecular weight excluding hydrogens is 312 g/mol. The van der Waals surface area contributed by atoms with Crippen molar-refractivity contribution in [3.8, 4) is 0 Å². The molecule has 1 aliphatic rings. The zero-order valence-electron chi connectivity index (χ0n) is 11.7. The van der Waals surface area contributed by atoms with Gasteiger partial charge in [-0.05, 0) is 24.8 Å². The monoisotopic (exact) mass is 328 g/mol. The van der Waals surface area contributed by atoms with Crippen molar-refractivity contribution in [1.82, 2.24) is 14.8 Å². The van der Waals surface area contributed by atoms with Gasteiger partial charge < -0.3 is 5.32 Å². The summed E-state index contributed by atoms with van der Waals surface area (Å²) < 4.78 is 24.9. The topological polar surface area (TPSA) is 76.9 Å². The van der Waals surface area contributed by atoms with Gasteiger partial charge in [0.15, 0.2) is 15.5 Å². The summed E-state index contributed by atoms with van der Waals surface area (Å²) in [5, 5.41) is 8.73.